The highest BCUT2D eigenvalue weighted by Crippen LogP contribution is 2.32. The molecule has 104 valence electrons. The summed E-state index contributed by atoms with van der Waals surface area (Å²) in [6.45, 7) is 0.675. The Labute approximate surface area is 115 Å². The number of hydrogen-bond donors (Lipinski definition) is 0. The van der Waals surface area contributed by atoms with E-state index in [1.54, 1.807) is 7.11 Å². The molecule has 0 radical (unpaired) electrons. The second-order valence-corrected chi connectivity index (χ2v) is 4.57. The fraction of sp³-hybridized carbons (Fsp3) is 0.462. The lowest BCUT2D eigenvalue weighted by Crippen LogP contribution is -2.52. The SMILES string of the molecule is COCCOC1C(=O)CC1Oc1c(F)cccc1Cl. The second-order valence-electron chi connectivity index (χ2n) is 4.16. The van der Waals surface area contributed by atoms with Crippen molar-refractivity contribution in [3.63, 3.8) is 0 Å². The van der Waals surface area contributed by atoms with Gasteiger partial charge >= 0.3 is 0 Å². The number of rotatable bonds is 6. The molecule has 0 bridgehead atoms. The van der Waals surface area contributed by atoms with E-state index in [4.69, 9.17) is 25.8 Å². The minimum atomic E-state index is -0.675. The van der Waals surface area contributed by atoms with Crippen molar-refractivity contribution in [1.29, 1.82) is 0 Å². The standard InChI is InChI=1S/C13H14ClFO4/c1-17-5-6-18-13-10(16)7-11(13)19-12-8(14)3-2-4-9(12)15/h2-4,11,13H,5-7H2,1H3. The van der Waals surface area contributed by atoms with Crippen molar-refractivity contribution >= 4 is 17.4 Å². The van der Waals surface area contributed by atoms with Gasteiger partial charge in [-0.2, -0.15) is 0 Å². The third-order valence-corrected chi connectivity index (χ3v) is 3.13. The Morgan fingerprint density at radius 1 is 1.42 bits per heavy atom. The minimum absolute atomic E-state index is 0.0398. The maximum absolute atomic E-state index is 13.5. The van der Waals surface area contributed by atoms with Crippen LogP contribution in [0.15, 0.2) is 18.2 Å². The molecular weight excluding hydrogens is 275 g/mol. The molecule has 6 heteroatoms. The number of Topliss-reactive ketones (excluding diaryl/α,β-unsaturated/α-hetero) is 1. The Kier molecular flexibility index (Phi) is 4.74. The number of hydrogen-bond acceptors (Lipinski definition) is 4. The molecule has 2 rings (SSSR count). The zero-order valence-corrected chi connectivity index (χ0v) is 11.2. The third kappa shape index (κ3) is 3.23. The van der Waals surface area contributed by atoms with Gasteiger partial charge in [0.15, 0.2) is 23.5 Å². The molecule has 0 N–H and O–H groups in total. The maximum atomic E-state index is 13.5. The van der Waals surface area contributed by atoms with Gasteiger partial charge in [-0.3, -0.25) is 4.79 Å². The molecule has 0 aliphatic heterocycles. The lowest BCUT2D eigenvalue weighted by molar-refractivity contribution is -0.156. The highest BCUT2D eigenvalue weighted by Gasteiger charge is 2.43. The Morgan fingerprint density at radius 3 is 2.84 bits per heavy atom. The lowest BCUT2D eigenvalue weighted by Gasteiger charge is -2.34. The molecule has 1 saturated carbocycles. The van der Waals surface area contributed by atoms with Crippen LogP contribution >= 0.6 is 11.6 Å². The van der Waals surface area contributed by atoms with Crippen LogP contribution in [0.5, 0.6) is 5.75 Å². The molecule has 0 spiro atoms. The molecule has 2 unspecified atom stereocenters. The molecule has 1 aromatic carbocycles. The van der Waals surface area contributed by atoms with Crippen LogP contribution in [-0.2, 0) is 14.3 Å². The normalized spacial score (nSPS) is 22.2. The highest BCUT2D eigenvalue weighted by molar-refractivity contribution is 6.32. The van der Waals surface area contributed by atoms with E-state index in [1.807, 2.05) is 0 Å². The molecule has 1 aromatic rings. The molecular formula is C13H14ClFO4. The predicted molar refractivity (Wildman–Crippen MR) is 67.1 cm³/mol. The van der Waals surface area contributed by atoms with E-state index >= 15 is 0 Å². The van der Waals surface area contributed by atoms with Crippen molar-refractivity contribution in [3.05, 3.63) is 29.0 Å². The Balaban J connectivity index is 1.97. The van der Waals surface area contributed by atoms with Crippen molar-refractivity contribution in [2.24, 2.45) is 0 Å². The first kappa shape index (κ1) is 14.2. The van der Waals surface area contributed by atoms with Gasteiger partial charge in [-0.25, -0.2) is 4.39 Å². The van der Waals surface area contributed by atoms with E-state index in [0.717, 1.165) is 0 Å². The Morgan fingerprint density at radius 2 is 2.21 bits per heavy atom. The average Bonchev–Trinajstić information content (AvgIpc) is 2.37. The van der Waals surface area contributed by atoms with Crippen LogP contribution in [0, 0.1) is 5.82 Å². The van der Waals surface area contributed by atoms with Crippen LogP contribution in [0.4, 0.5) is 4.39 Å². The summed E-state index contributed by atoms with van der Waals surface area (Å²) in [5, 5.41) is 0.176. The van der Waals surface area contributed by atoms with Gasteiger partial charge in [0.2, 0.25) is 0 Å². The molecule has 0 aromatic heterocycles. The minimum Gasteiger partial charge on any atom is -0.482 e. The maximum Gasteiger partial charge on any atom is 0.174 e. The number of carbonyl (C=O) groups is 1. The van der Waals surface area contributed by atoms with E-state index in [2.05, 4.69) is 0 Å². The summed E-state index contributed by atoms with van der Waals surface area (Å²) in [4.78, 5) is 11.4. The van der Waals surface area contributed by atoms with Crippen LogP contribution in [0.2, 0.25) is 5.02 Å². The van der Waals surface area contributed by atoms with E-state index < -0.39 is 18.0 Å². The number of ether oxygens (including phenoxy) is 3. The van der Waals surface area contributed by atoms with Gasteiger partial charge in [0, 0.05) is 13.5 Å². The summed E-state index contributed by atoms with van der Waals surface area (Å²) in [7, 11) is 1.54. The summed E-state index contributed by atoms with van der Waals surface area (Å²) >= 11 is 5.85. The Bertz CT molecular complexity index is 446. The molecule has 4 nitrogen and oxygen atoms in total. The van der Waals surface area contributed by atoms with E-state index in [1.165, 1.54) is 18.2 Å². The summed E-state index contributed by atoms with van der Waals surface area (Å²) in [5.41, 5.74) is 0. The zero-order chi connectivity index (χ0) is 13.8. The van der Waals surface area contributed by atoms with E-state index in [0.29, 0.717) is 6.61 Å². The van der Waals surface area contributed by atoms with Gasteiger partial charge in [0.25, 0.3) is 0 Å². The Hall–Kier alpha value is -1.17. The van der Waals surface area contributed by atoms with Crippen molar-refractivity contribution in [2.75, 3.05) is 20.3 Å². The van der Waals surface area contributed by atoms with Crippen molar-refractivity contribution < 1.29 is 23.4 Å². The number of benzene rings is 1. The van der Waals surface area contributed by atoms with Gasteiger partial charge in [-0.05, 0) is 12.1 Å². The van der Waals surface area contributed by atoms with Gasteiger partial charge in [0.05, 0.1) is 18.2 Å². The molecule has 19 heavy (non-hydrogen) atoms. The summed E-state index contributed by atoms with van der Waals surface area (Å²) in [5.74, 6) is -0.655. The molecule has 1 fully saturated rings. The zero-order valence-electron chi connectivity index (χ0n) is 10.4. The number of ketones is 1. The molecule has 1 aliphatic rings. The first-order valence-electron chi connectivity index (χ1n) is 5.87. The molecule has 2 atom stereocenters. The van der Waals surface area contributed by atoms with Gasteiger partial charge in [-0.15, -0.1) is 0 Å². The number of halogens is 2. The number of para-hydroxylation sites is 1. The van der Waals surface area contributed by atoms with Crippen molar-refractivity contribution in [2.45, 2.75) is 18.6 Å². The van der Waals surface area contributed by atoms with Crippen LogP contribution in [-0.4, -0.2) is 38.3 Å². The van der Waals surface area contributed by atoms with Gasteiger partial charge in [0.1, 0.15) is 6.10 Å². The predicted octanol–water partition coefficient (Wildman–Crippen LogP) is 2.23. The fourth-order valence-electron chi connectivity index (χ4n) is 1.78. The van der Waals surface area contributed by atoms with E-state index in [-0.39, 0.29) is 29.6 Å². The third-order valence-electron chi connectivity index (χ3n) is 2.83. The largest absolute Gasteiger partial charge is 0.482 e. The van der Waals surface area contributed by atoms with Gasteiger partial charge < -0.3 is 14.2 Å². The molecule has 0 heterocycles. The van der Waals surface area contributed by atoms with Gasteiger partial charge in [-0.1, -0.05) is 17.7 Å². The smallest absolute Gasteiger partial charge is 0.174 e. The summed E-state index contributed by atoms with van der Waals surface area (Å²) < 4.78 is 29.1. The van der Waals surface area contributed by atoms with Crippen molar-refractivity contribution in [3.8, 4) is 5.75 Å². The van der Waals surface area contributed by atoms with E-state index in [9.17, 15) is 9.18 Å². The molecule has 1 aliphatic carbocycles. The average molecular weight is 289 g/mol. The monoisotopic (exact) mass is 288 g/mol. The van der Waals surface area contributed by atoms with Crippen LogP contribution in [0.25, 0.3) is 0 Å². The summed E-state index contributed by atoms with van der Waals surface area (Å²) in [6.07, 6.45) is -0.980. The number of methoxy groups -OCH3 is 1. The van der Waals surface area contributed by atoms with Crippen LogP contribution < -0.4 is 4.74 Å². The second kappa shape index (κ2) is 6.32. The quantitative estimate of drug-likeness (QED) is 0.753. The van der Waals surface area contributed by atoms with Crippen LogP contribution in [0.3, 0.4) is 0 Å². The first-order chi connectivity index (χ1) is 9.13. The lowest BCUT2D eigenvalue weighted by atomic mass is 9.90. The summed E-state index contributed by atoms with van der Waals surface area (Å²) in [6, 6.07) is 4.27. The molecule has 0 amide bonds. The topological polar surface area (TPSA) is 44.8 Å². The number of carbonyl (C=O) groups excluding carboxylic acids is 1. The highest BCUT2D eigenvalue weighted by atomic mass is 35.5. The fourth-order valence-corrected chi connectivity index (χ4v) is 1.98. The van der Waals surface area contributed by atoms with Crippen molar-refractivity contribution in [1.82, 2.24) is 0 Å². The van der Waals surface area contributed by atoms with Crippen LogP contribution in [0.1, 0.15) is 6.42 Å². The molecule has 0 saturated heterocycles. The first-order valence-corrected chi connectivity index (χ1v) is 6.25.